The first-order valence-corrected chi connectivity index (χ1v) is 8.32. The lowest BCUT2D eigenvalue weighted by molar-refractivity contribution is -0.123. The maximum Gasteiger partial charge on any atom is 0.262 e. The molecule has 2 atom stereocenters. The van der Waals surface area contributed by atoms with Crippen LogP contribution in [0, 0.1) is 5.92 Å². The van der Waals surface area contributed by atoms with Crippen LogP contribution in [0.25, 0.3) is 0 Å². The molecule has 0 aliphatic heterocycles. The van der Waals surface area contributed by atoms with Crippen LogP contribution in [0.5, 0.6) is 0 Å². The minimum Gasteiger partial charge on any atom is -0.351 e. The molecule has 6 heteroatoms. The Bertz CT molecular complexity index is 473. The van der Waals surface area contributed by atoms with Crippen LogP contribution in [0.3, 0.4) is 0 Å². The van der Waals surface area contributed by atoms with Gasteiger partial charge in [-0.3, -0.25) is 9.59 Å². The number of nitrogens with one attached hydrogen (secondary N) is 2. The number of halogens is 1. The Labute approximate surface area is 132 Å². The van der Waals surface area contributed by atoms with Crippen molar-refractivity contribution < 1.29 is 9.59 Å². The smallest absolute Gasteiger partial charge is 0.262 e. The average molecular weight is 361 g/mol. The van der Waals surface area contributed by atoms with Crippen LogP contribution in [0.15, 0.2) is 15.9 Å². The van der Waals surface area contributed by atoms with E-state index in [1.807, 2.05) is 13.0 Å². The lowest BCUT2D eigenvalue weighted by Crippen LogP contribution is -2.49. The van der Waals surface area contributed by atoms with Gasteiger partial charge in [0.05, 0.1) is 8.66 Å². The fourth-order valence-corrected chi connectivity index (χ4v) is 3.11. The molecule has 0 saturated carbocycles. The molecular formula is C14H21BrN2O2S. The summed E-state index contributed by atoms with van der Waals surface area (Å²) in [7, 11) is 0. The van der Waals surface area contributed by atoms with E-state index in [4.69, 9.17) is 0 Å². The fraction of sp³-hybridized carbons (Fsp3) is 0.571. The molecule has 112 valence electrons. The molecule has 1 heterocycles. The topological polar surface area (TPSA) is 58.2 Å². The second-order valence-electron chi connectivity index (χ2n) is 5.07. The molecular weight excluding hydrogens is 340 g/mol. The maximum absolute atomic E-state index is 12.1. The van der Waals surface area contributed by atoms with Crippen molar-refractivity contribution in [2.24, 2.45) is 5.92 Å². The van der Waals surface area contributed by atoms with E-state index >= 15 is 0 Å². The lowest BCUT2D eigenvalue weighted by atomic mass is 10.0. The Morgan fingerprint density at radius 3 is 2.35 bits per heavy atom. The first-order valence-electron chi connectivity index (χ1n) is 6.71. The maximum atomic E-state index is 12.1. The third-order valence-electron chi connectivity index (χ3n) is 3.11. The van der Waals surface area contributed by atoms with Gasteiger partial charge in [-0.15, -0.1) is 11.3 Å². The number of hydrogen-bond donors (Lipinski definition) is 2. The molecule has 4 nitrogen and oxygen atoms in total. The molecule has 1 aromatic rings. The van der Waals surface area contributed by atoms with Gasteiger partial charge in [-0.25, -0.2) is 0 Å². The number of rotatable bonds is 6. The normalized spacial score (nSPS) is 13.9. The second kappa shape index (κ2) is 7.78. The summed E-state index contributed by atoms with van der Waals surface area (Å²) in [6.07, 6.45) is 0.877. The summed E-state index contributed by atoms with van der Waals surface area (Å²) in [5.74, 6) is 0.00979. The summed E-state index contributed by atoms with van der Waals surface area (Å²) in [6.45, 7) is 7.88. The standard InChI is InChI=1S/C14H21BrN2O2S/c1-5-10(8(2)3)17-13(18)9(4)16-14(19)11-6-7-12(15)20-11/h6-10H,5H2,1-4H3,(H,16,19)(H,17,18). The van der Waals surface area contributed by atoms with E-state index in [-0.39, 0.29) is 17.9 Å². The molecule has 0 spiro atoms. The van der Waals surface area contributed by atoms with Gasteiger partial charge < -0.3 is 10.6 Å². The van der Waals surface area contributed by atoms with Gasteiger partial charge in [0.1, 0.15) is 6.04 Å². The molecule has 1 rings (SSSR count). The molecule has 2 unspecified atom stereocenters. The molecule has 20 heavy (non-hydrogen) atoms. The predicted molar refractivity (Wildman–Crippen MR) is 86.0 cm³/mol. The number of hydrogen-bond acceptors (Lipinski definition) is 3. The molecule has 2 amide bonds. The van der Waals surface area contributed by atoms with Crippen LogP contribution >= 0.6 is 27.3 Å². The van der Waals surface area contributed by atoms with Crippen LogP contribution in [0.4, 0.5) is 0 Å². The van der Waals surface area contributed by atoms with Crippen molar-refractivity contribution in [3.8, 4) is 0 Å². The zero-order valence-electron chi connectivity index (χ0n) is 12.2. The highest BCUT2D eigenvalue weighted by molar-refractivity contribution is 9.11. The molecule has 0 aliphatic carbocycles. The minimum absolute atomic E-state index is 0.137. The Balaban J connectivity index is 2.55. The zero-order chi connectivity index (χ0) is 15.3. The van der Waals surface area contributed by atoms with E-state index in [0.29, 0.717) is 10.8 Å². The number of carbonyl (C=O) groups is 2. The highest BCUT2D eigenvalue weighted by Gasteiger charge is 2.21. The SMILES string of the molecule is CCC(NC(=O)C(C)NC(=O)c1ccc(Br)s1)C(C)C. The largest absolute Gasteiger partial charge is 0.351 e. The summed E-state index contributed by atoms with van der Waals surface area (Å²) in [6, 6.07) is 3.14. The predicted octanol–water partition coefficient (Wildman–Crippen LogP) is 3.18. The van der Waals surface area contributed by atoms with Gasteiger partial charge in [-0.1, -0.05) is 20.8 Å². The van der Waals surface area contributed by atoms with Crippen molar-refractivity contribution in [3.05, 3.63) is 20.8 Å². The molecule has 1 aromatic heterocycles. The Morgan fingerprint density at radius 1 is 1.25 bits per heavy atom. The van der Waals surface area contributed by atoms with E-state index < -0.39 is 6.04 Å². The van der Waals surface area contributed by atoms with Gasteiger partial charge in [0.15, 0.2) is 0 Å². The van der Waals surface area contributed by atoms with Gasteiger partial charge in [0.25, 0.3) is 5.91 Å². The third kappa shape index (κ3) is 4.90. The van der Waals surface area contributed by atoms with E-state index in [2.05, 4.69) is 40.4 Å². The van der Waals surface area contributed by atoms with Gasteiger partial charge in [0.2, 0.25) is 5.91 Å². The highest BCUT2D eigenvalue weighted by Crippen LogP contribution is 2.21. The minimum atomic E-state index is -0.545. The summed E-state index contributed by atoms with van der Waals surface area (Å²) in [5, 5.41) is 5.68. The molecule has 0 fully saturated rings. The monoisotopic (exact) mass is 360 g/mol. The number of thiophene rings is 1. The fourth-order valence-electron chi connectivity index (χ4n) is 1.82. The van der Waals surface area contributed by atoms with Crippen LogP contribution in [0.1, 0.15) is 43.8 Å². The van der Waals surface area contributed by atoms with Crippen LogP contribution in [0.2, 0.25) is 0 Å². The van der Waals surface area contributed by atoms with Crippen molar-refractivity contribution in [1.29, 1.82) is 0 Å². The van der Waals surface area contributed by atoms with Gasteiger partial charge >= 0.3 is 0 Å². The van der Waals surface area contributed by atoms with E-state index in [9.17, 15) is 9.59 Å². The second-order valence-corrected chi connectivity index (χ2v) is 7.53. The van der Waals surface area contributed by atoms with E-state index in [1.54, 1.807) is 13.0 Å². The van der Waals surface area contributed by atoms with Gasteiger partial charge in [-0.2, -0.15) is 0 Å². The van der Waals surface area contributed by atoms with Crippen molar-refractivity contribution >= 4 is 39.1 Å². The zero-order valence-corrected chi connectivity index (χ0v) is 14.6. The van der Waals surface area contributed by atoms with Crippen LogP contribution < -0.4 is 10.6 Å². The summed E-state index contributed by atoms with van der Waals surface area (Å²) in [5.41, 5.74) is 0. The van der Waals surface area contributed by atoms with Gasteiger partial charge in [-0.05, 0) is 47.3 Å². The highest BCUT2D eigenvalue weighted by atomic mass is 79.9. The Hall–Kier alpha value is -0.880. The Kier molecular flexibility index (Phi) is 6.68. The number of amides is 2. The molecule has 2 N–H and O–H groups in total. The van der Waals surface area contributed by atoms with E-state index in [1.165, 1.54) is 11.3 Å². The van der Waals surface area contributed by atoms with Crippen molar-refractivity contribution in [3.63, 3.8) is 0 Å². The quantitative estimate of drug-likeness (QED) is 0.818. The first kappa shape index (κ1) is 17.2. The van der Waals surface area contributed by atoms with Crippen LogP contribution in [-0.2, 0) is 4.79 Å². The van der Waals surface area contributed by atoms with Crippen molar-refractivity contribution in [2.75, 3.05) is 0 Å². The molecule has 0 aliphatic rings. The Morgan fingerprint density at radius 2 is 1.90 bits per heavy atom. The van der Waals surface area contributed by atoms with Crippen molar-refractivity contribution in [1.82, 2.24) is 10.6 Å². The summed E-state index contributed by atoms with van der Waals surface area (Å²) < 4.78 is 0.894. The lowest BCUT2D eigenvalue weighted by Gasteiger charge is -2.23. The van der Waals surface area contributed by atoms with Crippen molar-refractivity contribution in [2.45, 2.75) is 46.2 Å². The first-order chi connectivity index (χ1) is 9.35. The molecule has 0 bridgehead atoms. The number of carbonyl (C=O) groups excluding carboxylic acids is 2. The molecule has 0 radical (unpaired) electrons. The van der Waals surface area contributed by atoms with Gasteiger partial charge in [0, 0.05) is 6.04 Å². The molecule has 0 saturated heterocycles. The molecule has 0 aromatic carbocycles. The summed E-state index contributed by atoms with van der Waals surface area (Å²) >= 11 is 4.66. The van der Waals surface area contributed by atoms with Crippen LogP contribution in [-0.4, -0.2) is 23.9 Å². The average Bonchev–Trinajstić information content (AvgIpc) is 2.81. The summed E-state index contributed by atoms with van der Waals surface area (Å²) in [4.78, 5) is 24.6. The third-order valence-corrected chi connectivity index (χ3v) is 4.73. The van der Waals surface area contributed by atoms with E-state index in [0.717, 1.165) is 10.2 Å².